The molecule has 2 N–H and O–H groups in total. The Morgan fingerprint density at radius 3 is 1.33 bits per heavy atom. The lowest BCUT2D eigenvalue weighted by molar-refractivity contribution is 0.147. The fourth-order valence-electron chi connectivity index (χ4n) is 3.65. The highest BCUT2D eigenvalue weighted by atomic mass is 32.2. The van der Waals surface area contributed by atoms with Crippen LogP contribution in [0.4, 0.5) is 0 Å². The zero-order valence-corrected chi connectivity index (χ0v) is 18.8. The van der Waals surface area contributed by atoms with Gasteiger partial charge in [-0.25, -0.2) is 0 Å². The molecule has 0 spiro atoms. The summed E-state index contributed by atoms with van der Waals surface area (Å²) in [7, 11) is -3.91. The number of aliphatic hydroxyl groups excluding tert-OH is 1. The van der Waals surface area contributed by atoms with Crippen LogP contribution in [0.5, 0.6) is 0 Å². The minimum absolute atomic E-state index is 0.154. The zero-order chi connectivity index (χ0) is 20.4. The van der Waals surface area contributed by atoms with Crippen LogP contribution in [0.15, 0.2) is 0 Å². The van der Waals surface area contributed by atoms with Gasteiger partial charge in [-0.05, 0) is 25.7 Å². The van der Waals surface area contributed by atoms with Crippen LogP contribution in [0.2, 0.25) is 0 Å². The molecule has 5 heteroatoms. The zero-order valence-electron chi connectivity index (χ0n) is 18.0. The summed E-state index contributed by atoms with van der Waals surface area (Å²) in [5, 5.41) is 9.42. The van der Waals surface area contributed by atoms with Crippen molar-refractivity contribution in [3.8, 4) is 0 Å². The lowest BCUT2D eigenvalue weighted by Crippen LogP contribution is -2.20. The lowest BCUT2D eigenvalue weighted by Gasteiger charge is -2.14. The van der Waals surface area contributed by atoms with Gasteiger partial charge in [0.15, 0.2) is 0 Å². The molecule has 0 aromatic heterocycles. The van der Waals surface area contributed by atoms with Crippen LogP contribution in [0.1, 0.15) is 129 Å². The standard InChI is InChI=1S/C22H46O4S/c1-3-5-7-10-13-17-21(23)18-14-11-9-12-16-20-22(27(24,25)26)19-15-8-6-4-2/h21-23H,3-20H2,1-2H3,(H,24,25,26). The van der Waals surface area contributed by atoms with Crippen molar-refractivity contribution in [1.29, 1.82) is 0 Å². The Labute approximate surface area is 169 Å². The van der Waals surface area contributed by atoms with Gasteiger partial charge >= 0.3 is 0 Å². The van der Waals surface area contributed by atoms with E-state index < -0.39 is 15.4 Å². The molecule has 0 bridgehead atoms. The second kappa shape index (κ2) is 17.9. The predicted octanol–water partition coefficient (Wildman–Crippen LogP) is 6.67. The van der Waals surface area contributed by atoms with Gasteiger partial charge in [0.2, 0.25) is 0 Å². The van der Waals surface area contributed by atoms with Gasteiger partial charge in [0.1, 0.15) is 0 Å². The summed E-state index contributed by atoms with van der Waals surface area (Å²) in [4.78, 5) is 0. The minimum atomic E-state index is -3.91. The fraction of sp³-hybridized carbons (Fsp3) is 1.00. The quantitative estimate of drug-likeness (QED) is 0.175. The molecule has 0 aromatic carbocycles. The largest absolute Gasteiger partial charge is 0.393 e. The third-order valence-corrected chi connectivity index (χ3v) is 6.82. The van der Waals surface area contributed by atoms with Gasteiger partial charge in [-0.1, -0.05) is 104 Å². The third-order valence-electron chi connectivity index (χ3n) is 5.51. The van der Waals surface area contributed by atoms with E-state index in [2.05, 4.69) is 13.8 Å². The molecule has 2 unspecified atom stereocenters. The average Bonchev–Trinajstić information content (AvgIpc) is 2.61. The molecule has 0 saturated heterocycles. The highest BCUT2D eigenvalue weighted by molar-refractivity contribution is 7.86. The Hall–Kier alpha value is -0.130. The van der Waals surface area contributed by atoms with E-state index in [0.29, 0.717) is 12.8 Å². The molecule has 2 atom stereocenters. The topological polar surface area (TPSA) is 74.6 Å². The van der Waals surface area contributed by atoms with E-state index in [1.807, 2.05) is 0 Å². The molecule has 0 rings (SSSR count). The van der Waals surface area contributed by atoms with Crippen LogP contribution in [0.25, 0.3) is 0 Å². The summed E-state index contributed by atoms with van der Waals surface area (Å²) >= 11 is 0. The first-order valence-corrected chi connectivity index (χ1v) is 13.1. The molecule has 4 nitrogen and oxygen atoms in total. The summed E-state index contributed by atoms with van der Waals surface area (Å²) in [6.07, 6.45) is 18.3. The second-order valence-corrected chi connectivity index (χ2v) is 9.88. The van der Waals surface area contributed by atoms with Gasteiger partial charge < -0.3 is 5.11 Å². The second-order valence-electron chi connectivity index (χ2n) is 8.19. The van der Waals surface area contributed by atoms with Crippen molar-refractivity contribution in [1.82, 2.24) is 0 Å². The first-order chi connectivity index (χ1) is 12.9. The Bertz CT molecular complexity index is 409. The average molecular weight is 407 g/mol. The number of hydrogen-bond acceptors (Lipinski definition) is 3. The van der Waals surface area contributed by atoms with Gasteiger partial charge in [-0.15, -0.1) is 0 Å². The van der Waals surface area contributed by atoms with Gasteiger partial charge in [0, 0.05) is 0 Å². The third kappa shape index (κ3) is 17.7. The van der Waals surface area contributed by atoms with Crippen molar-refractivity contribution in [3.05, 3.63) is 0 Å². The minimum Gasteiger partial charge on any atom is -0.393 e. The Balaban J connectivity index is 3.66. The van der Waals surface area contributed by atoms with E-state index in [9.17, 15) is 18.1 Å². The molecule has 164 valence electrons. The van der Waals surface area contributed by atoms with Gasteiger partial charge in [-0.2, -0.15) is 8.42 Å². The first-order valence-electron chi connectivity index (χ1n) is 11.6. The van der Waals surface area contributed by atoms with E-state index in [1.165, 1.54) is 25.7 Å². The van der Waals surface area contributed by atoms with Crippen molar-refractivity contribution >= 4 is 10.1 Å². The van der Waals surface area contributed by atoms with E-state index in [0.717, 1.165) is 77.0 Å². The van der Waals surface area contributed by atoms with Crippen LogP contribution >= 0.6 is 0 Å². The van der Waals surface area contributed by atoms with Crippen LogP contribution in [0, 0.1) is 0 Å². The summed E-state index contributed by atoms with van der Waals surface area (Å²) in [5.74, 6) is 0. The molecule has 0 aromatic rings. The molecule has 27 heavy (non-hydrogen) atoms. The number of rotatable bonds is 20. The Morgan fingerprint density at radius 1 is 0.593 bits per heavy atom. The van der Waals surface area contributed by atoms with E-state index in [-0.39, 0.29) is 6.10 Å². The molecular weight excluding hydrogens is 360 g/mol. The van der Waals surface area contributed by atoms with Crippen molar-refractivity contribution < 1.29 is 18.1 Å². The highest BCUT2D eigenvalue weighted by Crippen LogP contribution is 2.19. The number of aliphatic hydroxyl groups is 1. The van der Waals surface area contributed by atoms with Crippen LogP contribution < -0.4 is 0 Å². The van der Waals surface area contributed by atoms with Crippen molar-refractivity contribution in [3.63, 3.8) is 0 Å². The monoisotopic (exact) mass is 406 g/mol. The summed E-state index contributed by atoms with van der Waals surface area (Å²) in [6.45, 7) is 4.35. The number of unbranched alkanes of at least 4 members (excludes halogenated alkanes) is 11. The predicted molar refractivity (Wildman–Crippen MR) is 116 cm³/mol. The maximum absolute atomic E-state index is 11.5. The molecule has 0 radical (unpaired) electrons. The Kier molecular flexibility index (Phi) is 17.8. The molecule has 0 aliphatic rings. The molecule has 0 aliphatic heterocycles. The smallest absolute Gasteiger partial charge is 0.267 e. The van der Waals surface area contributed by atoms with Gasteiger partial charge in [0.25, 0.3) is 10.1 Å². The molecule has 0 saturated carbocycles. The molecule has 0 heterocycles. The Morgan fingerprint density at radius 2 is 0.926 bits per heavy atom. The summed E-state index contributed by atoms with van der Waals surface area (Å²) in [6, 6.07) is 0. The van der Waals surface area contributed by atoms with Crippen LogP contribution in [-0.2, 0) is 10.1 Å². The maximum atomic E-state index is 11.5. The van der Waals surface area contributed by atoms with Gasteiger partial charge in [-0.3, -0.25) is 4.55 Å². The van der Waals surface area contributed by atoms with E-state index >= 15 is 0 Å². The molecule has 0 aliphatic carbocycles. The van der Waals surface area contributed by atoms with Crippen molar-refractivity contribution in [2.24, 2.45) is 0 Å². The fourth-order valence-corrected chi connectivity index (χ4v) is 4.58. The van der Waals surface area contributed by atoms with E-state index in [4.69, 9.17) is 0 Å². The van der Waals surface area contributed by atoms with Crippen molar-refractivity contribution in [2.45, 2.75) is 141 Å². The summed E-state index contributed by atoms with van der Waals surface area (Å²) < 4.78 is 32.4. The summed E-state index contributed by atoms with van der Waals surface area (Å²) in [5.41, 5.74) is 0. The van der Waals surface area contributed by atoms with E-state index in [1.54, 1.807) is 0 Å². The van der Waals surface area contributed by atoms with Crippen LogP contribution in [-0.4, -0.2) is 29.4 Å². The SMILES string of the molecule is CCCCCCCC(O)CCCCCCCC(CCCCCC)S(=O)(=O)O. The normalized spacial score (nSPS) is 14.4. The van der Waals surface area contributed by atoms with Crippen LogP contribution in [0.3, 0.4) is 0 Å². The van der Waals surface area contributed by atoms with Gasteiger partial charge in [0.05, 0.1) is 11.4 Å². The lowest BCUT2D eigenvalue weighted by atomic mass is 10.0. The molecular formula is C22H46O4S. The molecule has 0 amide bonds. The highest BCUT2D eigenvalue weighted by Gasteiger charge is 2.21. The van der Waals surface area contributed by atoms with Crippen molar-refractivity contribution in [2.75, 3.05) is 0 Å². The number of hydrogen-bond donors (Lipinski definition) is 2. The molecule has 0 fully saturated rings. The maximum Gasteiger partial charge on any atom is 0.267 e. The first kappa shape index (κ1) is 26.9.